The Morgan fingerprint density at radius 2 is 1.72 bits per heavy atom. The first-order valence-electron chi connectivity index (χ1n) is 12.7. The quantitative estimate of drug-likeness (QED) is 0.260. The van der Waals surface area contributed by atoms with Crippen LogP contribution < -0.4 is 0 Å². The van der Waals surface area contributed by atoms with Crippen molar-refractivity contribution in [2.24, 2.45) is 0 Å². The average Bonchev–Trinajstić information content (AvgIpc) is 3.64. The minimum Gasteiger partial charge on any atom is -0.335 e. The highest BCUT2D eigenvalue weighted by molar-refractivity contribution is 5.98. The van der Waals surface area contributed by atoms with Gasteiger partial charge < -0.3 is 4.98 Å². The molecule has 0 aliphatic carbocycles. The molecule has 39 heavy (non-hydrogen) atoms. The van der Waals surface area contributed by atoms with Gasteiger partial charge in [0.25, 0.3) is 5.92 Å². The monoisotopic (exact) mass is 524 g/mol. The first-order valence-corrected chi connectivity index (χ1v) is 12.7. The molecule has 7 rings (SSSR count). The fourth-order valence-electron chi connectivity index (χ4n) is 5.31. The van der Waals surface area contributed by atoms with Gasteiger partial charge in [0.2, 0.25) is 0 Å². The van der Waals surface area contributed by atoms with Crippen LogP contribution in [-0.4, -0.2) is 49.1 Å². The van der Waals surface area contributed by atoms with Crippen molar-refractivity contribution in [3.05, 3.63) is 90.5 Å². The smallest absolute Gasteiger partial charge is 0.261 e. The van der Waals surface area contributed by atoms with Crippen LogP contribution in [0, 0.1) is 5.82 Å². The third kappa shape index (κ3) is 4.44. The fourth-order valence-corrected chi connectivity index (χ4v) is 5.31. The summed E-state index contributed by atoms with van der Waals surface area (Å²) >= 11 is 0. The van der Waals surface area contributed by atoms with E-state index in [9.17, 15) is 13.2 Å². The van der Waals surface area contributed by atoms with Crippen LogP contribution in [0.2, 0.25) is 0 Å². The molecule has 0 radical (unpaired) electrons. The number of benzene rings is 3. The predicted octanol–water partition coefficient (Wildman–Crippen LogP) is 6.82. The topological polar surface area (TPSA) is 73.5 Å². The number of likely N-dealkylation sites (tertiary alicyclic amines) is 1. The summed E-state index contributed by atoms with van der Waals surface area (Å²) in [6.07, 6.45) is 3.34. The number of H-pyrrole nitrogens is 2. The van der Waals surface area contributed by atoms with Gasteiger partial charge in [0, 0.05) is 36.7 Å². The van der Waals surface area contributed by atoms with Crippen LogP contribution in [-0.2, 0) is 6.54 Å². The SMILES string of the molecule is Fc1ccc(-c2cncc3[nH]c(-c4n[nH]c5ccc(-c6cccc(CN7CCC(F)(F)C7)c6)cc45)nc23)cc1. The number of halogens is 3. The Labute approximate surface area is 221 Å². The Balaban J connectivity index is 1.24. The summed E-state index contributed by atoms with van der Waals surface area (Å²) in [6, 6.07) is 20.3. The van der Waals surface area contributed by atoms with Crippen molar-refractivity contribution in [3.8, 4) is 33.8 Å². The maximum Gasteiger partial charge on any atom is 0.261 e. The van der Waals surface area contributed by atoms with Crippen LogP contribution in [0.1, 0.15) is 12.0 Å². The van der Waals surface area contributed by atoms with Crippen molar-refractivity contribution in [1.29, 1.82) is 0 Å². The molecule has 9 heteroatoms. The molecule has 1 aliphatic rings. The number of hydrogen-bond acceptors (Lipinski definition) is 4. The molecule has 0 spiro atoms. The van der Waals surface area contributed by atoms with E-state index >= 15 is 0 Å². The molecule has 1 fully saturated rings. The molecule has 1 saturated heterocycles. The minimum absolute atomic E-state index is 0.0874. The number of aromatic nitrogens is 5. The van der Waals surface area contributed by atoms with Crippen molar-refractivity contribution in [2.75, 3.05) is 13.1 Å². The summed E-state index contributed by atoms with van der Waals surface area (Å²) in [4.78, 5) is 14.3. The minimum atomic E-state index is -2.60. The lowest BCUT2D eigenvalue weighted by molar-refractivity contribution is 0.0115. The second-order valence-corrected chi connectivity index (χ2v) is 10.0. The predicted molar refractivity (Wildman–Crippen MR) is 145 cm³/mol. The lowest BCUT2D eigenvalue weighted by Gasteiger charge is -2.16. The maximum absolute atomic E-state index is 13.7. The maximum atomic E-state index is 13.7. The number of aromatic amines is 2. The second kappa shape index (κ2) is 9.06. The summed E-state index contributed by atoms with van der Waals surface area (Å²) in [5, 5.41) is 8.52. The van der Waals surface area contributed by atoms with Crippen molar-refractivity contribution >= 4 is 21.9 Å². The van der Waals surface area contributed by atoms with Crippen LogP contribution in [0.3, 0.4) is 0 Å². The van der Waals surface area contributed by atoms with E-state index in [-0.39, 0.29) is 18.8 Å². The molecule has 0 amide bonds. The molecule has 4 heterocycles. The van der Waals surface area contributed by atoms with Crippen LogP contribution in [0.15, 0.2) is 79.1 Å². The Bertz CT molecular complexity index is 1820. The lowest BCUT2D eigenvalue weighted by Crippen LogP contribution is -2.24. The molecule has 0 bridgehead atoms. The average molecular weight is 525 g/mol. The number of alkyl halides is 2. The molecule has 1 aliphatic heterocycles. The number of rotatable bonds is 5. The number of pyridine rings is 1. The molecule has 0 unspecified atom stereocenters. The first kappa shape index (κ1) is 23.6. The van der Waals surface area contributed by atoms with Gasteiger partial charge in [0.05, 0.1) is 29.3 Å². The number of nitrogens with one attached hydrogen (secondary N) is 2. The van der Waals surface area contributed by atoms with E-state index in [1.165, 1.54) is 12.1 Å². The molecule has 194 valence electrons. The molecular weight excluding hydrogens is 501 g/mol. The van der Waals surface area contributed by atoms with Gasteiger partial charge in [0.15, 0.2) is 5.82 Å². The van der Waals surface area contributed by atoms with Gasteiger partial charge in [0.1, 0.15) is 11.5 Å². The fraction of sp³-hybridized carbons (Fsp3) is 0.167. The van der Waals surface area contributed by atoms with E-state index in [1.807, 2.05) is 30.3 Å². The van der Waals surface area contributed by atoms with Crippen molar-refractivity contribution in [1.82, 2.24) is 30.0 Å². The number of fused-ring (bicyclic) bond motifs is 2. The van der Waals surface area contributed by atoms with Gasteiger partial charge in [-0.05, 0) is 52.6 Å². The van der Waals surface area contributed by atoms with E-state index in [1.54, 1.807) is 29.4 Å². The second-order valence-electron chi connectivity index (χ2n) is 10.0. The summed E-state index contributed by atoms with van der Waals surface area (Å²) in [5.41, 5.74) is 7.60. The molecule has 6 nitrogen and oxygen atoms in total. The number of hydrogen-bond donors (Lipinski definition) is 2. The molecule has 3 aromatic carbocycles. The largest absolute Gasteiger partial charge is 0.335 e. The van der Waals surface area contributed by atoms with E-state index in [4.69, 9.17) is 4.98 Å². The van der Waals surface area contributed by atoms with Crippen LogP contribution in [0.25, 0.3) is 55.7 Å². The van der Waals surface area contributed by atoms with Crippen LogP contribution in [0.4, 0.5) is 13.2 Å². The molecule has 3 aromatic heterocycles. The van der Waals surface area contributed by atoms with E-state index < -0.39 is 5.92 Å². The number of imidazole rings is 1. The highest BCUT2D eigenvalue weighted by Gasteiger charge is 2.37. The summed E-state index contributed by atoms with van der Waals surface area (Å²) in [6.45, 7) is 0.695. The van der Waals surface area contributed by atoms with E-state index in [0.717, 1.165) is 49.8 Å². The zero-order valence-electron chi connectivity index (χ0n) is 20.8. The Hall–Kier alpha value is -4.50. The van der Waals surface area contributed by atoms with E-state index in [0.29, 0.717) is 24.6 Å². The third-order valence-electron chi connectivity index (χ3n) is 7.25. The van der Waals surface area contributed by atoms with Crippen LogP contribution >= 0.6 is 0 Å². The Morgan fingerprint density at radius 3 is 2.54 bits per heavy atom. The highest BCUT2D eigenvalue weighted by atomic mass is 19.3. The zero-order chi connectivity index (χ0) is 26.6. The van der Waals surface area contributed by atoms with Gasteiger partial charge in [-0.3, -0.25) is 15.0 Å². The molecule has 6 aromatic rings. The lowest BCUT2D eigenvalue weighted by atomic mass is 10.0. The van der Waals surface area contributed by atoms with Gasteiger partial charge in [-0.1, -0.05) is 36.4 Å². The first-order chi connectivity index (χ1) is 18.9. The Kier molecular flexibility index (Phi) is 5.48. The van der Waals surface area contributed by atoms with Gasteiger partial charge in [-0.25, -0.2) is 18.2 Å². The molecule has 0 atom stereocenters. The summed E-state index contributed by atoms with van der Waals surface area (Å²) in [5.74, 6) is -2.32. The van der Waals surface area contributed by atoms with E-state index in [2.05, 4.69) is 32.3 Å². The highest BCUT2D eigenvalue weighted by Crippen LogP contribution is 2.33. The molecule has 0 saturated carbocycles. The zero-order valence-corrected chi connectivity index (χ0v) is 20.8. The van der Waals surface area contributed by atoms with Gasteiger partial charge in [-0.15, -0.1) is 0 Å². The van der Waals surface area contributed by atoms with Crippen molar-refractivity contribution in [3.63, 3.8) is 0 Å². The van der Waals surface area contributed by atoms with Crippen LogP contribution in [0.5, 0.6) is 0 Å². The molecule has 2 N–H and O–H groups in total. The van der Waals surface area contributed by atoms with Gasteiger partial charge >= 0.3 is 0 Å². The van der Waals surface area contributed by atoms with Gasteiger partial charge in [-0.2, -0.15) is 5.10 Å². The number of nitrogens with zero attached hydrogens (tertiary/aromatic N) is 4. The third-order valence-corrected chi connectivity index (χ3v) is 7.25. The standard InChI is InChI=1S/C30H23F3N6/c31-22-7-4-19(5-8-22)24-14-34-15-26-27(24)36-29(35-26)28-23-13-21(6-9-25(23)37-38-28)20-3-1-2-18(12-20)16-39-11-10-30(32,33)17-39/h1-9,12-15H,10-11,16-17H2,(H,35,36)(H,37,38). The summed E-state index contributed by atoms with van der Waals surface area (Å²) in [7, 11) is 0. The normalized spacial score (nSPS) is 15.5. The Morgan fingerprint density at radius 1 is 0.897 bits per heavy atom. The van der Waals surface area contributed by atoms with Crippen molar-refractivity contribution < 1.29 is 13.2 Å². The van der Waals surface area contributed by atoms with Crippen molar-refractivity contribution in [2.45, 2.75) is 18.9 Å². The molecular formula is C30H23F3N6. The summed E-state index contributed by atoms with van der Waals surface area (Å²) < 4.78 is 40.8.